The third-order valence-corrected chi connectivity index (χ3v) is 4.68. The molecule has 0 bridgehead atoms. The van der Waals surface area contributed by atoms with E-state index in [0.717, 1.165) is 10.9 Å². The van der Waals surface area contributed by atoms with Crippen molar-refractivity contribution in [1.82, 2.24) is 4.90 Å². The van der Waals surface area contributed by atoms with Crippen LogP contribution in [-0.4, -0.2) is 36.0 Å². The molecule has 1 amide bonds. The number of hydrogen-bond acceptors (Lipinski definition) is 3. The Bertz CT molecular complexity index is 526. The Kier molecular flexibility index (Phi) is 5.52. The van der Waals surface area contributed by atoms with E-state index in [0.29, 0.717) is 29.8 Å². The zero-order valence-electron chi connectivity index (χ0n) is 12.2. The summed E-state index contributed by atoms with van der Waals surface area (Å²) < 4.78 is 6.50. The first-order chi connectivity index (χ1) is 9.92. The number of amides is 1. The molecule has 6 heteroatoms. The van der Waals surface area contributed by atoms with Gasteiger partial charge in [0.2, 0.25) is 0 Å². The summed E-state index contributed by atoms with van der Waals surface area (Å²) >= 11 is 9.29. The maximum Gasteiger partial charge on any atom is 0.263 e. The maximum atomic E-state index is 12.5. The molecule has 0 aromatic heterocycles. The lowest BCUT2D eigenvalue weighted by Crippen LogP contribution is -2.42. The van der Waals surface area contributed by atoms with Gasteiger partial charge in [0.15, 0.2) is 6.10 Å². The van der Waals surface area contributed by atoms with Gasteiger partial charge in [0.1, 0.15) is 5.75 Å². The largest absolute Gasteiger partial charge is 0.480 e. The molecule has 116 valence electrons. The van der Waals surface area contributed by atoms with Crippen molar-refractivity contribution in [1.29, 1.82) is 0 Å². The third-order valence-electron chi connectivity index (χ3n) is 3.82. The summed E-state index contributed by atoms with van der Waals surface area (Å²) in [6.07, 6.45) is 0.418. The van der Waals surface area contributed by atoms with Crippen LogP contribution >= 0.6 is 27.5 Å². The van der Waals surface area contributed by atoms with Crippen molar-refractivity contribution in [2.45, 2.75) is 32.4 Å². The van der Waals surface area contributed by atoms with Crippen molar-refractivity contribution < 1.29 is 9.53 Å². The van der Waals surface area contributed by atoms with E-state index in [1.807, 2.05) is 4.90 Å². The summed E-state index contributed by atoms with van der Waals surface area (Å²) in [5.41, 5.74) is 5.70. The van der Waals surface area contributed by atoms with E-state index >= 15 is 0 Å². The van der Waals surface area contributed by atoms with Gasteiger partial charge in [-0.25, -0.2) is 0 Å². The van der Waals surface area contributed by atoms with Crippen LogP contribution in [0.3, 0.4) is 0 Å². The van der Waals surface area contributed by atoms with E-state index < -0.39 is 6.10 Å². The molecule has 21 heavy (non-hydrogen) atoms. The summed E-state index contributed by atoms with van der Waals surface area (Å²) in [5, 5.41) is 0.618. The van der Waals surface area contributed by atoms with Crippen LogP contribution in [0.4, 0.5) is 0 Å². The smallest absolute Gasteiger partial charge is 0.263 e. The number of likely N-dealkylation sites (tertiary alicyclic amines) is 1. The molecule has 1 fully saturated rings. The first-order valence-corrected chi connectivity index (χ1v) is 8.21. The summed E-state index contributed by atoms with van der Waals surface area (Å²) in [6, 6.07) is 5.45. The lowest BCUT2D eigenvalue weighted by atomic mass is 10.1. The molecule has 1 aliphatic rings. The fourth-order valence-electron chi connectivity index (χ4n) is 2.67. The van der Waals surface area contributed by atoms with Gasteiger partial charge in [-0.05, 0) is 66.9 Å². The van der Waals surface area contributed by atoms with Crippen LogP contribution in [-0.2, 0) is 4.79 Å². The molecule has 1 saturated heterocycles. The molecule has 0 aliphatic carbocycles. The Labute approximate surface area is 138 Å². The van der Waals surface area contributed by atoms with E-state index in [1.54, 1.807) is 25.1 Å². The second-order valence-electron chi connectivity index (χ2n) is 5.51. The Morgan fingerprint density at radius 3 is 2.90 bits per heavy atom. The summed E-state index contributed by atoms with van der Waals surface area (Å²) in [7, 11) is 0. The predicted molar refractivity (Wildman–Crippen MR) is 87.6 cm³/mol. The number of carbonyl (C=O) groups excluding carboxylic acids is 1. The van der Waals surface area contributed by atoms with Gasteiger partial charge in [-0.2, -0.15) is 0 Å². The van der Waals surface area contributed by atoms with Crippen molar-refractivity contribution in [2.24, 2.45) is 11.7 Å². The van der Waals surface area contributed by atoms with Gasteiger partial charge in [-0.1, -0.05) is 11.6 Å². The molecule has 1 heterocycles. The quantitative estimate of drug-likeness (QED) is 0.880. The van der Waals surface area contributed by atoms with Crippen molar-refractivity contribution >= 4 is 33.4 Å². The third kappa shape index (κ3) is 3.90. The molecular formula is C15H20BrClN2O2. The minimum Gasteiger partial charge on any atom is -0.480 e. The van der Waals surface area contributed by atoms with E-state index in [9.17, 15) is 4.79 Å². The van der Waals surface area contributed by atoms with Crippen LogP contribution in [0, 0.1) is 5.92 Å². The molecule has 2 N–H and O–H groups in total. The number of benzene rings is 1. The van der Waals surface area contributed by atoms with Crippen LogP contribution in [0.15, 0.2) is 22.7 Å². The van der Waals surface area contributed by atoms with Crippen LogP contribution in [0.25, 0.3) is 0 Å². The highest BCUT2D eigenvalue weighted by Crippen LogP contribution is 2.30. The fraction of sp³-hybridized carbons (Fsp3) is 0.533. The fourth-order valence-corrected chi connectivity index (χ4v) is 3.44. The maximum absolute atomic E-state index is 12.5. The number of nitrogens with two attached hydrogens (primary N) is 1. The van der Waals surface area contributed by atoms with Gasteiger partial charge in [0, 0.05) is 17.6 Å². The van der Waals surface area contributed by atoms with Crippen LogP contribution < -0.4 is 10.5 Å². The minimum absolute atomic E-state index is 0.000278. The molecule has 1 aromatic carbocycles. The molecule has 0 spiro atoms. The van der Waals surface area contributed by atoms with Crippen LogP contribution in [0.1, 0.15) is 20.3 Å². The Morgan fingerprint density at radius 2 is 2.33 bits per heavy atom. The second-order valence-corrected chi connectivity index (χ2v) is 6.80. The van der Waals surface area contributed by atoms with E-state index in [-0.39, 0.29) is 11.9 Å². The lowest BCUT2D eigenvalue weighted by Gasteiger charge is -2.25. The Hall–Kier alpha value is -0.780. The highest BCUT2D eigenvalue weighted by atomic mass is 79.9. The number of carbonyl (C=O) groups is 1. The van der Waals surface area contributed by atoms with Gasteiger partial charge < -0.3 is 15.4 Å². The number of ether oxygens (including phenoxy) is 1. The molecule has 4 nitrogen and oxygen atoms in total. The zero-order valence-corrected chi connectivity index (χ0v) is 14.5. The molecule has 1 aromatic rings. The number of rotatable bonds is 4. The Balaban J connectivity index is 2.03. The second kappa shape index (κ2) is 6.99. The normalized spacial score (nSPS) is 23.2. The average molecular weight is 376 g/mol. The molecule has 3 atom stereocenters. The molecular weight excluding hydrogens is 356 g/mol. The number of nitrogens with zero attached hydrogens (tertiary/aromatic N) is 1. The molecule has 1 aliphatic heterocycles. The van der Waals surface area contributed by atoms with Crippen LogP contribution in [0.5, 0.6) is 5.75 Å². The topological polar surface area (TPSA) is 55.6 Å². The Morgan fingerprint density at radius 1 is 1.62 bits per heavy atom. The van der Waals surface area contributed by atoms with Crippen molar-refractivity contribution in [2.75, 3.05) is 13.1 Å². The number of halogens is 2. The zero-order chi connectivity index (χ0) is 15.6. The highest BCUT2D eigenvalue weighted by Gasteiger charge is 2.34. The van der Waals surface area contributed by atoms with E-state index in [2.05, 4.69) is 22.9 Å². The molecule has 2 rings (SSSR count). The highest BCUT2D eigenvalue weighted by molar-refractivity contribution is 9.10. The standard InChI is InChI=1S/C15H20BrClN2O2/c1-9-5-11(7-18)8-19(9)15(20)10(2)21-14-4-3-12(17)6-13(14)16/h3-4,6,9-11H,5,7-8,18H2,1-2H3. The summed E-state index contributed by atoms with van der Waals surface area (Å²) in [6.45, 7) is 5.16. The van der Waals surface area contributed by atoms with Crippen molar-refractivity contribution in [3.63, 3.8) is 0 Å². The van der Waals surface area contributed by atoms with Gasteiger partial charge >= 0.3 is 0 Å². The predicted octanol–water partition coefficient (Wildman–Crippen LogP) is 3.07. The lowest BCUT2D eigenvalue weighted by molar-refractivity contribution is -0.138. The monoisotopic (exact) mass is 374 g/mol. The van der Waals surface area contributed by atoms with Gasteiger partial charge in [-0.3, -0.25) is 4.79 Å². The minimum atomic E-state index is -0.540. The average Bonchev–Trinajstić information content (AvgIpc) is 2.82. The number of hydrogen-bond donors (Lipinski definition) is 1. The first-order valence-electron chi connectivity index (χ1n) is 7.04. The van der Waals surface area contributed by atoms with Gasteiger partial charge in [0.25, 0.3) is 5.91 Å². The summed E-state index contributed by atoms with van der Waals surface area (Å²) in [4.78, 5) is 14.4. The molecule has 3 unspecified atom stereocenters. The van der Waals surface area contributed by atoms with E-state index in [1.165, 1.54) is 0 Å². The molecule has 0 radical (unpaired) electrons. The van der Waals surface area contributed by atoms with Crippen molar-refractivity contribution in [3.8, 4) is 5.75 Å². The summed E-state index contributed by atoms with van der Waals surface area (Å²) in [5.74, 6) is 1.00. The van der Waals surface area contributed by atoms with Gasteiger partial charge in [-0.15, -0.1) is 0 Å². The van der Waals surface area contributed by atoms with E-state index in [4.69, 9.17) is 22.1 Å². The van der Waals surface area contributed by atoms with Crippen LogP contribution in [0.2, 0.25) is 5.02 Å². The van der Waals surface area contributed by atoms with Crippen molar-refractivity contribution in [3.05, 3.63) is 27.7 Å². The molecule has 0 saturated carbocycles. The SMILES string of the molecule is CC(Oc1ccc(Cl)cc1Br)C(=O)N1CC(CN)CC1C. The van der Waals surface area contributed by atoms with Gasteiger partial charge in [0.05, 0.1) is 4.47 Å². The first kappa shape index (κ1) is 16.6.